The van der Waals surface area contributed by atoms with Crippen molar-refractivity contribution >= 4 is 5.69 Å². The maximum atomic E-state index is 8.99. The van der Waals surface area contributed by atoms with Gasteiger partial charge < -0.3 is 9.80 Å². The van der Waals surface area contributed by atoms with Gasteiger partial charge in [-0.2, -0.15) is 5.26 Å². The van der Waals surface area contributed by atoms with E-state index in [-0.39, 0.29) is 0 Å². The van der Waals surface area contributed by atoms with Gasteiger partial charge in [0.05, 0.1) is 12.5 Å². The second-order valence-corrected chi connectivity index (χ2v) is 5.52. The first-order valence-electron chi connectivity index (χ1n) is 7.02. The van der Waals surface area contributed by atoms with Crippen LogP contribution in [0.25, 0.3) is 0 Å². The molecule has 102 valence electrons. The monoisotopic (exact) mass is 257 g/mol. The Labute approximate surface area is 116 Å². The van der Waals surface area contributed by atoms with Crippen LogP contribution in [0.3, 0.4) is 0 Å². The highest BCUT2D eigenvalue weighted by Crippen LogP contribution is 2.25. The molecule has 1 aromatic rings. The highest BCUT2D eigenvalue weighted by molar-refractivity contribution is 5.56. The molecule has 0 bridgehead atoms. The molecule has 1 atom stereocenters. The Hall–Kier alpha value is -1.53. The predicted molar refractivity (Wildman–Crippen MR) is 79.4 cm³/mol. The first-order valence-corrected chi connectivity index (χ1v) is 7.02. The first kappa shape index (κ1) is 13.9. The summed E-state index contributed by atoms with van der Waals surface area (Å²) in [6.07, 6.45) is 1.77. The lowest BCUT2D eigenvalue weighted by Crippen LogP contribution is -2.39. The average molecular weight is 257 g/mol. The van der Waals surface area contributed by atoms with Crippen molar-refractivity contribution in [3.8, 4) is 6.07 Å². The molecule has 3 heteroatoms. The third kappa shape index (κ3) is 3.08. The van der Waals surface area contributed by atoms with Crippen LogP contribution in [0, 0.1) is 25.2 Å². The van der Waals surface area contributed by atoms with Gasteiger partial charge in [-0.05, 0) is 51.1 Å². The Kier molecular flexibility index (Phi) is 4.44. The molecule has 19 heavy (non-hydrogen) atoms. The van der Waals surface area contributed by atoms with E-state index in [0.717, 1.165) is 26.1 Å². The lowest BCUT2D eigenvalue weighted by atomic mass is 10.1. The summed E-state index contributed by atoms with van der Waals surface area (Å²) in [6.45, 7) is 7.47. The van der Waals surface area contributed by atoms with E-state index in [1.165, 1.54) is 16.8 Å². The van der Waals surface area contributed by atoms with Crippen LogP contribution >= 0.6 is 0 Å². The zero-order valence-corrected chi connectivity index (χ0v) is 12.2. The summed E-state index contributed by atoms with van der Waals surface area (Å²) in [5.74, 6) is 0. The van der Waals surface area contributed by atoms with Crippen molar-refractivity contribution in [1.29, 1.82) is 5.26 Å². The number of hydrogen-bond acceptors (Lipinski definition) is 3. The lowest BCUT2D eigenvalue weighted by Gasteiger charge is -2.30. The summed E-state index contributed by atoms with van der Waals surface area (Å²) in [6, 6.07) is 9.16. The SMILES string of the molecule is Cc1cccc(N2CCCN(C)C(CC#N)C2)c1C. The maximum absolute atomic E-state index is 8.99. The van der Waals surface area contributed by atoms with Gasteiger partial charge in [0.15, 0.2) is 0 Å². The van der Waals surface area contributed by atoms with Crippen molar-refractivity contribution in [3.63, 3.8) is 0 Å². The van der Waals surface area contributed by atoms with E-state index in [1.54, 1.807) is 0 Å². The first-order chi connectivity index (χ1) is 9.13. The number of nitriles is 1. The number of rotatable bonds is 2. The fraction of sp³-hybridized carbons (Fsp3) is 0.562. The van der Waals surface area contributed by atoms with Crippen LogP contribution < -0.4 is 4.90 Å². The Morgan fingerprint density at radius 3 is 2.84 bits per heavy atom. The molecule has 1 aliphatic rings. The normalized spacial score (nSPS) is 20.9. The molecule has 3 nitrogen and oxygen atoms in total. The molecule has 0 N–H and O–H groups in total. The predicted octanol–water partition coefficient (Wildman–Crippen LogP) is 2.73. The number of anilines is 1. The molecule has 1 unspecified atom stereocenters. The van der Waals surface area contributed by atoms with Gasteiger partial charge in [-0.15, -0.1) is 0 Å². The molecule has 1 heterocycles. The molecule has 1 saturated heterocycles. The van der Waals surface area contributed by atoms with Gasteiger partial charge in [-0.1, -0.05) is 12.1 Å². The second kappa shape index (κ2) is 6.08. The minimum absolute atomic E-state index is 0.340. The smallest absolute Gasteiger partial charge is 0.0638 e. The summed E-state index contributed by atoms with van der Waals surface area (Å²) >= 11 is 0. The molecule has 0 spiro atoms. The summed E-state index contributed by atoms with van der Waals surface area (Å²) in [5.41, 5.74) is 4.04. The van der Waals surface area contributed by atoms with Gasteiger partial charge >= 0.3 is 0 Å². The largest absolute Gasteiger partial charge is 0.370 e. The molecule has 0 aromatic heterocycles. The molecular weight excluding hydrogens is 234 g/mol. The molecule has 1 aliphatic heterocycles. The van der Waals surface area contributed by atoms with Gasteiger partial charge in [-0.3, -0.25) is 0 Å². The zero-order valence-electron chi connectivity index (χ0n) is 12.2. The van der Waals surface area contributed by atoms with E-state index in [9.17, 15) is 0 Å². The van der Waals surface area contributed by atoms with Crippen molar-refractivity contribution in [1.82, 2.24) is 4.90 Å². The summed E-state index contributed by atoms with van der Waals surface area (Å²) in [5, 5.41) is 8.99. The van der Waals surface area contributed by atoms with Crippen molar-refractivity contribution < 1.29 is 0 Å². The fourth-order valence-corrected chi connectivity index (χ4v) is 2.80. The summed E-state index contributed by atoms with van der Waals surface area (Å²) < 4.78 is 0. The topological polar surface area (TPSA) is 30.3 Å². The third-order valence-corrected chi connectivity index (χ3v) is 4.24. The van der Waals surface area contributed by atoms with Crippen LogP contribution in [0.4, 0.5) is 5.69 Å². The van der Waals surface area contributed by atoms with E-state index in [0.29, 0.717) is 12.5 Å². The van der Waals surface area contributed by atoms with Crippen molar-refractivity contribution in [3.05, 3.63) is 29.3 Å². The van der Waals surface area contributed by atoms with Gasteiger partial charge in [0.2, 0.25) is 0 Å². The molecule has 1 aromatic carbocycles. The van der Waals surface area contributed by atoms with E-state index < -0.39 is 0 Å². The summed E-state index contributed by atoms with van der Waals surface area (Å²) in [7, 11) is 2.13. The molecule has 1 fully saturated rings. The van der Waals surface area contributed by atoms with Crippen LogP contribution in [0.2, 0.25) is 0 Å². The molecule has 0 saturated carbocycles. The second-order valence-electron chi connectivity index (χ2n) is 5.52. The standard InChI is InChI=1S/C16H23N3/c1-13-6-4-7-16(14(13)2)19-11-5-10-18(3)15(12-19)8-9-17/h4,6-7,15H,5,8,10-12H2,1-3H3. The number of aryl methyl sites for hydroxylation is 1. The number of benzene rings is 1. The number of likely N-dealkylation sites (N-methyl/N-ethyl adjacent to an activating group) is 1. The molecule has 0 aliphatic carbocycles. The molecular formula is C16H23N3. The highest BCUT2D eigenvalue weighted by Gasteiger charge is 2.23. The lowest BCUT2D eigenvalue weighted by molar-refractivity contribution is 0.264. The van der Waals surface area contributed by atoms with Gasteiger partial charge in [0.25, 0.3) is 0 Å². The van der Waals surface area contributed by atoms with Crippen LogP contribution in [0.1, 0.15) is 24.0 Å². The Morgan fingerprint density at radius 2 is 2.11 bits per heavy atom. The average Bonchev–Trinajstić information content (AvgIpc) is 2.56. The van der Waals surface area contributed by atoms with Crippen molar-refractivity contribution in [2.45, 2.75) is 32.7 Å². The molecule has 0 amide bonds. The third-order valence-electron chi connectivity index (χ3n) is 4.24. The molecule has 2 rings (SSSR count). The van der Waals surface area contributed by atoms with Crippen LogP contribution in [-0.2, 0) is 0 Å². The van der Waals surface area contributed by atoms with Crippen molar-refractivity contribution in [2.24, 2.45) is 0 Å². The minimum atomic E-state index is 0.340. The minimum Gasteiger partial charge on any atom is -0.370 e. The Bertz CT molecular complexity index is 475. The van der Waals surface area contributed by atoms with E-state index in [2.05, 4.69) is 55.0 Å². The number of nitrogens with zero attached hydrogens (tertiary/aromatic N) is 3. The summed E-state index contributed by atoms with van der Waals surface area (Å²) in [4.78, 5) is 4.78. The van der Waals surface area contributed by atoms with E-state index in [4.69, 9.17) is 5.26 Å². The van der Waals surface area contributed by atoms with E-state index in [1.807, 2.05) is 0 Å². The van der Waals surface area contributed by atoms with Crippen molar-refractivity contribution in [2.75, 3.05) is 31.6 Å². The van der Waals surface area contributed by atoms with Crippen LogP contribution in [0.15, 0.2) is 18.2 Å². The van der Waals surface area contributed by atoms with Gasteiger partial charge in [0.1, 0.15) is 0 Å². The molecule has 0 radical (unpaired) electrons. The zero-order chi connectivity index (χ0) is 13.8. The number of hydrogen-bond donors (Lipinski definition) is 0. The van der Waals surface area contributed by atoms with E-state index >= 15 is 0 Å². The quantitative estimate of drug-likeness (QED) is 0.816. The van der Waals surface area contributed by atoms with Gasteiger partial charge in [-0.25, -0.2) is 0 Å². The van der Waals surface area contributed by atoms with Crippen LogP contribution in [-0.4, -0.2) is 37.6 Å². The fourth-order valence-electron chi connectivity index (χ4n) is 2.80. The maximum Gasteiger partial charge on any atom is 0.0638 e. The highest BCUT2D eigenvalue weighted by atomic mass is 15.2. The Morgan fingerprint density at radius 1 is 1.32 bits per heavy atom. The Balaban J connectivity index is 2.24. The van der Waals surface area contributed by atoms with Gasteiger partial charge in [0, 0.05) is 24.8 Å². The van der Waals surface area contributed by atoms with Crippen LogP contribution in [0.5, 0.6) is 0 Å².